The van der Waals surface area contributed by atoms with Crippen LogP contribution in [0.2, 0.25) is 0 Å². The number of rotatable bonds is 1. The van der Waals surface area contributed by atoms with E-state index in [0.717, 1.165) is 46.8 Å². The molecule has 7 heteroatoms. The minimum Gasteiger partial charge on any atom is -0.507 e. The van der Waals surface area contributed by atoms with Gasteiger partial charge in [0.1, 0.15) is 22.9 Å². The van der Waals surface area contributed by atoms with Crippen molar-refractivity contribution in [3.05, 3.63) is 127 Å². The molecule has 0 bridgehead atoms. The number of phenolic OH excluding ortho intramolecular Hbond substituents is 1. The fraction of sp³-hybridized carbons (Fsp3) is 0.250. The molecule has 5 nitrogen and oxygen atoms in total. The summed E-state index contributed by atoms with van der Waals surface area (Å²) in [5, 5.41) is 9.16. The molecule has 1 atom stereocenters. The first-order chi connectivity index (χ1) is 20.6. The first-order valence-electron chi connectivity index (χ1n) is 14.3. The van der Waals surface area contributed by atoms with Gasteiger partial charge in [-0.25, -0.2) is 0 Å². The number of ether oxygens (including phenoxy) is 1. The molecule has 4 aromatic carbocycles. The first-order valence-corrected chi connectivity index (χ1v) is 15.9. The average Bonchev–Trinajstić information content (AvgIpc) is 2.99. The van der Waals surface area contributed by atoms with Gasteiger partial charge in [-0.3, -0.25) is 14.4 Å². The lowest BCUT2D eigenvalue weighted by Crippen LogP contribution is -2.46. The highest BCUT2D eigenvalue weighted by molar-refractivity contribution is 9.10. The largest absolute Gasteiger partial charge is 0.507 e. The van der Waals surface area contributed by atoms with Gasteiger partial charge in [0.05, 0.1) is 17.5 Å². The van der Waals surface area contributed by atoms with Crippen LogP contribution in [0.4, 0.5) is 0 Å². The molecule has 0 saturated heterocycles. The van der Waals surface area contributed by atoms with Crippen molar-refractivity contribution in [2.75, 3.05) is 0 Å². The lowest BCUT2D eigenvalue weighted by atomic mass is 9.75. The molecule has 0 amide bonds. The summed E-state index contributed by atoms with van der Waals surface area (Å²) in [6.07, 6.45) is 5.51. The van der Waals surface area contributed by atoms with Crippen molar-refractivity contribution in [2.24, 2.45) is 0 Å². The predicted octanol–water partition coefficient (Wildman–Crippen LogP) is 8.44. The van der Waals surface area contributed by atoms with Crippen LogP contribution in [0, 0.1) is 0 Å². The molecule has 1 aliphatic heterocycles. The molecule has 0 radical (unpaired) electrons. The topological polar surface area (TPSA) is 80.7 Å². The second kappa shape index (κ2) is 13.4. The van der Waals surface area contributed by atoms with E-state index in [-0.39, 0.29) is 22.9 Å². The Morgan fingerprint density at radius 1 is 0.767 bits per heavy atom. The highest BCUT2D eigenvalue weighted by atomic mass is 79.9. The van der Waals surface area contributed by atoms with E-state index in [1.165, 1.54) is 35.2 Å². The normalized spacial score (nSPS) is 18.0. The molecule has 3 aliphatic rings. The maximum absolute atomic E-state index is 12.5. The number of carbonyl (C=O) groups excluding carboxylic acids is 3. The Labute approximate surface area is 268 Å². The van der Waals surface area contributed by atoms with E-state index in [1.807, 2.05) is 36.4 Å². The fourth-order valence-corrected chi connectivity index (χ4v) is 6.54. The summed E-state index contributed by atoms with van der Waals surface area (Å²) >= 11 is 6.62. The van der Waals surface area contributed by atoms with E-state index >= 15 is 0 Å². The Hall–Kier alpha value is -3.55. The average molecular weight is 704 g/mol. The van der Waals surface area contributed by atoms with Gasteiger partial charge in [0.2, 0.25) is 0 Å². The predicted molar refractivity (Wildman–Crippen MR) is 174 cm³/mol. The Kier molecular flexibility index (Phi) is 9.62. The number of hydrogen-bond donors (Lipinski definition) is 1. The molecule has 0 fully saturated rings. The summed E-state index contributed by atoms with van der Waals surface area (Å²) < 4.78 is 8.01. The number of carbonyl (C=O) groups is 3. The summed E-state index contributed by atoms with van der Waals surface area (Å²) in [5.74, 6) is 1.19. The molecule has 1 unspecified atom stereocenters. The third-order valence-electron chi connectivity index (χ3n) is 8.05. The van der Waals surface area contributed by atoms with Crippen LogP contribution in [0.25, 0.3) is 0 Å². The van der Waals surface area contributed by atoms with Crippen LogP contribution >= 0.6 is 31.9 Å². The maximum atomic E-state index is 12.5. The zero-order valence-electron chi connectivity index (χ0n) is 23.9. The highest BCUT2D eigenvalue weighted by Gasteiger charge is 2.42. The lowest BCUT2D eigenvalue weighted by molar-refractivity contribution is -0.118. The van der Waals surface area contributed by atoms with Crippen molar-refractivity contribution in [3.63, 3.8) is 0 Å². The molecule has 0 aromatic heterocycles. The van der Waals surface area contributed by atoms with Gasteiger partial charge in [-0.15, -0.1) is 0 Å². The Morgan fingerprint density at radius 2 is 1.40 bits per heavy atom. The molecule has 2 aliphatic carbocycles. The van der Waals surface area contributed by atoms with E-state index in [9.17, 15) is 14.4 Å². The molecule has 4 aromatic rings. The number of halogens is 2. The molecular weight excluding hydrogens is 672 g/mol. The molecule has 1 heterocycles. The number of ketones is 3. The minimum absolute atomic E-state index is 0.0284. The molecule has 0 saturated carbocycles. The number of Topliss-reactive ketones (excluding diaryl/α,β-unsaturated/α-hetero) is 3. The van der Waals surface area contributed by atoms with Crippen LogP contribution < -0.4 is 4.74 Å². The van der Waals surface area contributed by atoms with Crippen LogP contribution in [0.15, 0.2) is 93.9 Å². The van der Waals surface area contributed by atoms with Gasteiger partial charge in [-0.2, -0.15) is 0 Å². The summed E-state index contributed by atoms with van der Waals surface area (Å²) in [5.41, 5.74) is 5.98. The van der Waals surface area contributed by atoms with Crippen LogP contribution in [0.5, 0.6) is 11.5 Å². The Morgan fingerprint density at radius 3 is 2.09 bits per heavy atom. The van der Waals surface area contributed by atoms with E-state index in [2.05, 4.69) is 62.2 Å². The van der Waals surface area contributed by atoms with Gasteiger partial charge in [0, 0.05) is 28.2 Å². The van der Waals surface area contributed by atoms with Crippen LogP contribution in [-0.2, 0) is 30.5 Å². The molecule has 7 rings (SSSR count). The fourth-order valence-electron chi connectivity index (χ4n) is 5.82. The third kappa shape index (κ3) is 7.51. The van der Waals surface area contributed by atoms with Gasteiger partial charge in [-0.1, -0.05) is 80.4 Å². The van der Waals surface area contributed by atoms with Crippen molar-refractivity contribution in [1.29, 1.82) is 0 Å². The summed E-state index contributed by atoms with van der Waals surface area (Å²) in [6.45, 7) is 1.42. The van der Waals surface area contributed by atoms with Crippen LogP contribution in [0.1, 0.15) is 69.2 Å². The van der Waals surface area contributed by atoms with E-state index in [4.69, 9.17) is 9.84 Å². The van der Waals surface area contributed by atoms with Gasteiger partial charge >= 0.3 is 0 Å². The molecule has 1 N–H and O–H groups in total. The van der Waals surface area contributed by atoms with Gasteiger partial charge in [0.25, 0.3) is 0 Å². The van der Waals surface area contributed by atoms with Crippen molar-refractivity contribution < 1.29 is 24.2 Å². The summed E-state index contributed by atoms with van der Waals surface area (Å²) in [7, 11) is 0. The second-order valence-electron chi connectivity index (χ2n) is 11.2. The zero-order valence-corrected chi connectivity index (χ0v) is 27.0. The van der Waals surface area contributed by atoms with E-state index in [0.29, 0.717) is 29.8 Å². The van der Waals surface area contributed by atoms with Gasteiger partial charge in [0.15, 0.2) is 11.6 Å². The number of aryl methyl sites for hydroxylation is 2. The van der Waals surface area contributed by atoms with Crippen LogP contribution in [-0.4, -0.2) is 28.1 Å². The summed E-state index contributed by atoms with van der Waals surface area (Å²) in [4.78, 5) is 34.4. The SMILES string of the molecule is CC(=O)c1cc(Br)ccc1O.O=C1CC2(CCc3ccccc3C2)Oc2ccc(Br)cc21.O=C1CCc2ccccc2C1. The summed E-state index contributed by atoms with van der Waals surface area (Å²) in [6, 6.07) is 27.1. The smallest absolute Gasteiger partial charge is 0.170 e. The highest BCUT2D eigenvalue weighted by Crippen LogP contribution is 2.41. The monoisotopic (exact) mass is 702 g/mol. The van der Waals surface area contributed by atoms with Crippen molar-refractivity contribution in [3.8, 4) is 11.5 Å². The number of hydrogen-bond acceptors (Lipinski definition) is 5. The van der Waals surface area contributed by atoms with E-state index < -0.39 is 0 Å². The Balaban J connectivity index is 0.000000142. The second-order valence-corrected chi connectivity index (χ2v) is 13.0. The lowest BCUT2D eigenvalue weighted by Gasteiger charge is -2.41. The molecular formula is C36H32Br2O5. The van der Waals surface area contributed by atoms with Crippen molar-refractivity contribution >= 4 is 49.2 Å². The van der Waals surface area contributed by atoms with E-state index in [1.54, 1.807) is 12.1 Å². The number of phenols is 1. The molecule has 43 heavy (non-hydrogen) atoms. The standard InChI is InChI=1S/C18H15BrO2.C10H10O.C8H7BrO2/c19-14-5-6-17-15(9-14)16(20)11-18(21-17)8-7-12-3-1-2-4-13(12)10-18;11-10-6-5-8-3-1-2-4-9(8)7-10;1-5(10)7-4-6(9)2-3-8(7)11/h1-6,9H,7-8,10-11H2;1-4H,5-7H2;2-4,11H,1H3. The first kappa shape index (κ1) is 30.9. The van der Waals surface area contributed by atoms with Crippen molar-refractivity contribution in [2.45, 2.75) is 57.5 Å². The van der Waals surface area contributed by atoms with Gasteiger partial charge < -0.3 is 9.84 Å². The number of fused-ring (bicyclic) bond motifs is 3. The zero-order chi connectivity index (χ0) is 30.6. The molecule has 1 spiro atoms. The van der Waals surface area contributed by atoms with Crippen LogP contribution in [0.3, 0.4) is 0 Å². The number of aromatic hydroxyl groups is 1. The maximum Gasteiger partial charge on any atom is 0.170 e. The van der Waals surface area contributed by atoms with Gasteiger partial charge in [-0.05, 0) is 84.8 Å². The molecule has 220 valence electrons. The minimum atomic E-state index is -0.355. The Bertz CT molecular complexity index is 1700. The number of benzene rings is 4. The third-order valence-corrected chi connectivity index (χ3v) is 9.04. The quantitative estimate of drug-likeness (QED) is 0.201. The van der Waals surface area contributed by atoms with Crippen molar-refractivity contribution in [1.82, 2.24) is 0 Å².